The first kappa shape index (κ1) is 26.1. The molecule has 0 radical (unpaired) electrons. The van der Waals surface area contributed by atoms with Crippen molar-refractivity contribution in [2.75, 3.05) is 40.3 Å². The number of likely N-dealkylation sites (tertiary alicyclic amines) is 1. The van der Waals surface area contributed by atoms with Crippen molar-refractivity contribution in [3.05, 3.63) is 10.6 Å². The zero-order valence-corrected chi connectivity index (χ0v) is 21.7. The third-order valence-corrected chi connectivity index (χ3v) is 9.18. The zero-order chi connectivity index (χ0) is 25.6. The number of nitrogens with one attached hydrogen (secondary N) is 1. The first-order chi connectivity index (χ1) is 16.5. The highest BCUT2D eigenvalue weighted by atomic mass is 32.2. The summed E-state index contributed by atoms with van der Waals surface area (Å²) in [4.78, 5) is 56.2. The SMILES string of the molecule is C[C@@H](CC(=O)CN(C)C)[C@H]1C(=O)N2C(C(=O)O)=C(S[C@@H]3CN[C@H](C(=O)N4CC[C@@H](N)C4)C3)[C@H](C)[C@H]12. The number of fused-ring (bicyclic) bond motifs is 1. The largest absolute Gasteiger partial charge is 0.477 e. The van der Waals surface area contributed by atoms with Crippen molar-refractivity contribution in [3.63, 3.8) is 0 Å². The molecule has 35 heavy (non-hydrogen) atoms. The number of ketones is 1. The van der Waals surface area contributed by atoms with Crippen LogP contribution in [0.3, 0.4) is 0 Å². The van der Waals surface area contributed by atoms with Crippen LogP contribution in [-0.4, -0.2) is 107 Å². The molecule has 10 nitrogen and oxygen atoms in total. The molecule has 0 spiro atoms. The van der Waals surface area contributed by atoms with Gasteiger partial charge in [0.1, 0.15) is 11.5 Å². The van der Waals surface area contributed by atoms with Crippen molar-refractivity contribution in [2.24, 2.45) is 23.5 Å². The highest BCUT2D eigenvalue weighted by Crippen LogP contribution is 2.53. The monoisotopic (exact) mass is 507 g/mol. The van der Waals surface area contributed by atoms with Gasteiger partial charge in [-0.25, -0.2) is 4.79 Å². The van der Waals surface area contributed by atoms with Gasteiger partial charge in [-0.1, -0.05) is 13.8 Å². The second-order valence-electron chi connectivity index (χ2n) is 10.8. The molecule has 2 amide bonds. The van der Waals surface area contributed by atoms with Gasteiger partial charge in [0.15, 0.2) is 0 Å². The summed E-state index contributed by atoms with van der Waals surface area (Å²) in [6.45, 7) is 6.06. The number of likely N-dealkylation sites (N-methyl/N-ethyl adjacent to an activating group) is 1. The quantitative estimate of drug-likeness (QED) is 0.367. The Morgan fingerprint density at radius 2 is 2.03 bits per heavy atom. The first-order valence-corrected chi connectivity index (χ1v) is 13.3. The summed E-state index contributed by atoms with van der Waals surface area (Å²) < 4.78 is 0. The molecule has 0 aromatic rings. The maximum absolute atomic E-state index is 13.1. The molecule has 4 aliphatic rings. The van der Waals surface area contributed by atoms with E-state index in [2.05, 4.69) is 5.32 Å². The van der Waals surface area contributed by atoms with Crippen LogP contribution < -0.4 is 11.1 Å². The summed E-state index contributed by atoms with van der Waals surface area (Å²) in [5.74, 6) is -1.82. The van der Waals surface area contributed by atoms with Crippen molar-refractivity contribution >= 4 is 35.3 Å². The number of nitrogens with two attached hydrogens (primary N) is 1. The maximum atomic E-state index is 13.1. The molecule has 0 unspecified atom stereocenters. The molecule has 0 saturated carbocycles. The van der Waals surface area contributed by atoms with Gasteiger partial charge in [0.2, 0.25) is 11.8 Å². The fourth-order valence-corrected chi connectivity index (χ4v) is 7.52. The van der Waals surface area contributed by atoms with Gasteiger partial charge < -0.3 is 30.9 Å². The summed E-state index contributed by atoms with van der Waals surface area (Å²) in [6, 6.07) is -0.502. The third-order valence-electron chi connectivity index (χ3n) is 7.67. The molecular weight excluding hydrogens is 470 g/mol. The maximum Gasteiger partial charge on any atom is 0.353 e. The van der Waals surface area contributed by atoms with Gasteiger partial charge in [-0.3, -0.25) is 14.4 Å². The standard InChI is InChI=1S/C24H37N5O5S/c1-12(7-15(30)11-27(3)4)18-19-13(2)21(20(24(33)34)29(19)23(18)32)35-16-8-17(26-9-16)22(31)28-6-5-14(25)10-28/h12-14,16-19,26H,5-11,25H2,1-4H3,(H,33,34)/t12-,13+,14+,16-,17-,18+,19+/m0/s1. The molecule has 0 aromatic heterocycles. The molecule has 0 aliphatic carbocycles. The Balaban J connectivity index is 1.42. The molecule has 4 heterocycles. The van der Waals surface area contributed by atoms with E-state index in [1.807, 2.05) is 37.7 Å². The average Bonchev–Trinajstić information content (AvgIpc) is 3.45. The number of aliphatic carboxylic acids is 1. The van der Waals surface area contributed by atoms with E-state index in [0.717, 1.165) is 6.42 Å². The molecule has 4 rings (SSSR count). The van der Waals surface area contributed by atoms with E-state index >= 15 is 0 Å². The average molecular weight is 508 g/mol. The minimum Gasteiger partial charge on any atom is -0.477 e. The Bertz CT molecular complexity index is 939. The van der Waals surface area contributed by atoms with E-state index in [4.69, 9.17) is 5.73 Å². The van der Waals surface area contributed by atoms with Crippen molar-refractivity contribution in [1.29, 1.82) is 0 Å². The summed E-state index contributed by atoms with van der Waals surface area (Å²) in [5, 5.41) is 13.3. The van der Waals surface area contributed by atoms with Crippen molar-refractivity contribution in [3.8, 4) is 0 Å². The number of carboxylic acid groups (broad SMARTS) is 1. The second kappa shape index (κ2) is 10.2. The number of β-lactam (4-membered cyclic amide) rings is 1. The normalized spacial score (nSPS) is 33.4. The van der Waals surface area contributed by atoms with Crippen molar-refractivity contribution in [1.82, 2.24) is 20.0 Å². The molecule has 4 N–H and O–H groups in total. The number of thioether (sulfide) groups is 1. The van der Waals surface area contributed by atoms with Gasteiger partial charge >= 0.3 is 5.97 Å². The van der Waals surface area contributed by atoms with Crippen LogP contribution in [0.4, 0.5) is 0 Å². The number of rotatable bonds is 9. The molecular formula is C24H37N5O5S. The molecule has 3 fully saturated rings. The molecule has 0 bridgehead atoms. The molecule has 3 saturated heterocycles. The first-order valence-electron chi connectivity index (χ1n) is 12.4. The van der Waals surface area contributed by atoms with Crippen LogP contribution in [0.25, 0.3) is 0 Å². The van der Waals surface area contributed by atoms with E-state index in [-0.39, 0.29) is 64.4 Å². The van der Waals surface area contributed by atoms with Crippen molar-refractivity contribution < 1.29 is 24.3 Å². The Hall–Kier alpha value is -1.95. The summed E-state index contributed by atoms with van der Waals surface area (Å²) in [7, 11) is 3.67. The van der Waals surface area contributed by atoms with E-state index in [1.165, 1.54) is 16.7 Å². The van der Waals surface area contributed by atoms with Crippen LogP contribution >= 0.6 is 11.8 Å². The van der Waals surface area contributed by atoms with Gasteiger partial charge in [-0.05, 0) is 32.9 Å². The lowest BCUT2D eigenvalue weighted by molar-refractivity contribution is -0.160. The summed E-state index contributed by atoms with van der Waals surface area (Å²) in [5.41, 5.74) is 6.02. The Labute approximate surface area is 210 Å². The number of carboxylic acids is 1. The fourth-order valence-electron chi connectivity index (χ4n) is 6.04. The number of amides is 2. The minimum atomic E-state index is -1.10. The van der Waals surface area contributed by atoms with Gasteiger partial charge in [-0.2, -0.15) is 0 Å². The lowest BCUT2D eigenvalue weighted by Crippen LogP contribution is -2.62. The lowest BCUT2D eigenvalue weighted by Gasteiger charge is -2.47. The second-order valence-corrected chi connectivity index (χ2v) is 12.1. The third kappa shape index (κ3) is 5.00. The number of nitrogens with zero attached hydrogens (tertiary/aromatic N) is 3. The van der Waals surface area contributed by atoms with Crippen LogP contribution in [-0.2, 0) is 19.2 Å². The molecule has 7 atom stereocenters. The zero-order valence-electron chi connectivity index (χ0n) is 20.9. The number of carbonyl (C=O) groups excluding carboxylic acids is 3. The topological polar surface area (TPSA) is 136 Å². The molecule has 4 aliphatic heterocycles. The number of hydrogen-bond donors (Lipinski definition) is 3. The Morgan fingerprint density at radius 1 is 1.31 bits per heavy atom. The lowest BCUT2D eigenvalue weighted by atomic mass is 9.73. The van der Waals surface area contributed by atoms with Crippen LogP contribution in [0.15, 0.2) is 10.6 Å². The van der Waals surface area contributed by atoms with Crippen LogP contribution in [0.1, 0.15) is 33.1 Å². The van der Waals surface area contributed by atoms with E-state index in [0.29, 0.717) is 43.9 Å². The van der Waals surface area contributed by atoms with E-state index in [1.54, 1.807) is 0 Å². The van der Waals surface area contributed by atoms with Gasteiger partial charge in [0, 0.05) is 48.2 Å². The number of carbonyl (C=O) groups is 4. The summed E-state index contributed by atoms with van der Waals surface area (Å²) in [6.07, 6.45) is 1.72. The molecule has 194 valence electrons. The van der Waals surface area contributed by atoms with Crippen LogP contribution in [0.2, 0.25) is 0 Å². The van der Waals surface area contributed by atoms with Gasteiger partial charge in [0.05, 0.1) is 24.5 Å². The van der Waals surface area contributed by atoms with E-state index < -0.39 is 5.97 Å². The van der Waals surface area contributed by atoms with Crippen LogP contribution in [0.5, 0.6) is 0 Å². The minimum absolute atomic E-state index is 0.0312. The summed E-state index contributed by atoms with van der Waals surface area (Å²) >= 11 is 1.48. The number of Topliss-reactive ketones (excluding diaryl/α,β-unsaturated/α-hetero) is 1. The highest BCUT2D eigenvalue weighted by Gasteiger charge is 2.60. The van der Waals surface area contributed by atoms with Gasteiger partial charge in [0.25, 0.3) is 0 Å². The highest BCUT2D eigenvalue weighted by molar-refractivity contribution is 8.03. The van der Waals surface area contributed by atoms with Crippen molar-refractivity contribution in [2.45, 2.75) is 56.5 Å². The number of hydrogen-bond acceptors (Lipinski definition) is 8. The Kier molecular flexibility index (Phi) is 7.61. The van der Waals surface area contributed by atoms with Crippen LogP contribution in [0, 0.1) is 17.8 Å². The molecule has 11 heteroatoms. The fraction of sp³-hybridized carbons (Fsp3) is 0.750. The predicted octanol–water partition coefficient (Wildman–Crippen LogP) is -0.0605. The van der Waals surface area contributed by atoms with E-state index in [9.17, 15) is 24.3 Å². The Morgan fingerprint density at radius 3 is 2.63 bits per heavy atom. The molecule has 0 aromatic carbocycles. The smallest absolute Gasteiger partial charge is 0.353 e. The predicted molar refractivity (Wildman–Crippen MR) is 132 cm³/mol. The van der Waals surface area contributed by atoms with Gasteiger partial charge in [-0.15, -0.1) is 11.8 Å².